The number of halogens is 1. The van der Waals surface area contributed by atoms with E-state index in [4.69, 9.17) is 4.74 Å². The van der Waals surface area contributed by atoms with Crippen molar-refractivity contribution in [3.63, 3.8) is 0 Å². The molecule has 32 heavy (non-hydrogen) atoms. The molecular weight excluding hydrogens is 435 g/mol. The SMILES string of the molecule is Cc1cnn(-c2ccnc(N3CCC4(OCCN4S(=O)(=O)c4ccccc4)C(F)C3)n2)c1. The van der Waals surface area contributed by atoms with Crippen LogP contribution in [0.3, 0.4) is 0 Å². The number of piperidine rings is 1. The van der Waals surface area contributed by atoms with Crippen LogP contribution in [0.25, 0.3) is 5.82 Å². The number of aryl methyl sites for hydroxylation is 1. The summed E-state index contributed by atoms with van der Waals surface area (Å²) in [6.45, 7) is 2.46. The molecule has 5 rings (SSSR count). The van der Waals surface area contributed by atoms with Gasteiger partial charge in [-0.05, 0) is 24.6 Å². The first kappa shape index (κ1) is 21.0. The van der Waals surface area contributed by atoms with Gasteiger partial charge >= 0.3 is 0 Å². The summed E-state index contributed by atoms with van der Waals surface area (Å²) in [4.78, 5) is 10.7. The standard InChI is InChI=1S/C21H23FN6O3S/c1-16-13-24-27(14-16)19-7-9-23-20(25-19)26-10-8-21(18(22)15-26)28(11-12-31-21)32(29,30)17-5-3-2-4-6-17/h2-7,9,13-14,18H,8,10-12,15H2,1H3. The molecule has 2 unspecified atom stereocenters. The molecule has 2 aromatic heterocycles. The van der Waals surface area contributed by atoms with Crippen molar-refractivity contribution in [2.75, 3.05) is 31.1 Å². The van der Waals surface area contributed by atoms with Crippen molar-refractivity contribution >= 4 is 16.0 Å². The number of ether oxygens (including phenoxy) is 1. The van der Waals surface area contributed by atoms with Crippen LogP contribution in [0.5, 0.6) is 0 Å². The van der Waals surface area contributed by atoms with E-state index in [-0.39, 0.29) is 31.0 Å². The summed E-state index contributed by atoms with van der Waals surface area (Å²) in [5, 5.41) is 4.25. The van der Waals surface area contributed by atoms with Gasteiger partial charge in [-0.25, -0.2) is 22.5 Å². The molecule has 1 aromatic carbocycles. The Bertz CT molecular complexity index is 1220. The quantitative estimate of drug-likeness (QED) is 0.590. The molecule has 0 aliphatic carbocycles. The van der Waals surface area contributed by atoms with Gasteiger partial charge in [0.1, 0.15) is 0 Å². The Hall–Kier alpha value is -2.89. The van der Waals surface area contributed by atoms with Crippen molar-refractivity contribution in [3.05, 3.63) is 60.6 Å². The molecule has 11 heteroatoms. The summed E-state index contributed by atoms with van der Waals surface area (Å²) in [7, 11) is -3.90. The average Bonchev–Trinajstić information content (AvgIpc) is 3.44. The predicted octanol–water partition coefficient (Wildman–Crippen LogP) is 1.94. The van der Waals surface area contributed by atoms with Crippen LogP contribution in [0.2, 0.25) is 0 Å². The number of anilines is 1. The third-order valence-electron chi connectivity index (χ3n) is 5.87. The Morgan fingerprint density at radius 2 is 2.00 bits per heavy atom. The molecule has 2 aliphatic rings. The van der Waals surface area contributed by atoms with Crippen molar-refractivity contribution < 1.29 is 17.5 Å². The van der Waals surface area contributed by atoms with E-state index in [9.17, 15) is 8.42 Å². The summed E-state index contributed by atoms with van der Waals surface area (Å²) in [5.74, 6) is 0.938. The van der Waals surface area contributed by atoms with Gasteiger partial charge in [0.25, 0.3) is 0 Å². The van der Waals surface area contributed by atoms with Gasteiger partial charge in [-0.1, -0.05) is 18.2 Å². The molecule has 2 fully saturated rings. The first-order chi connectivity index (χ1) is 15.4. The number of sulfonamides is 1. The van der Waals surface area contributed by atoms with E-state index in [1.807, 2.05) is 13.1 Å². The van der Waals surface area contributed by atoms with Gasteiger partial charge in [0.05, 0.1) is 24.2 Å². The average molecular weight is 459 g/mol. The Morgan fingerprint density at radius 3 is 2.72 bits per heavy atom. The highest BCUT2D eigenvalue weighted by Crippen LogP contribution is 2.40. The first-order valence-electron chi connectivity index (χ1n) is 10.4. The Morgan fingerprint density at radius 1 is 1.19 bits per heavy atom. The molecule has 0 N–H and O–H groups in total. The highest BCUT2D eigenvalue weighted by Gasteiger charge is 2.57. The summed E-state index contributed by atoms with van der Waals surface area (Å²) in [5.41, 5.74) is -0.533. The molecule has 1 spiro atoms. The van der Waals surface area contributed by atoms with Crippen molar-refractivity contribution in [3.8, 4) is 5.82 Å². The van der Waals surface area contributed by atoms with Crippen LogP contribution >= 0.6 is 0 Å². The largest absolute Gasteiger partial charge is 0.355 e. The Balaban J connectivity index is 1.40. The maximum Gasteiger partial charge on any atom is 0.245 e. The lowest BCUT2D eigenvalue weighted by Gasteiger charge is -2.44. The minimum absolute atomic E-state index is 0.0810. The maximum atomic E-state index is 15.7. The maximum absolute atomic E-state index is 15.7. The summed E-state index contributed by atoms with van der Waals surface area (Å²) >= 11 is 0. The van der Waals surface area contributed by atoms with E-state index < -0.39 is 21.9 Å². The van der Waals surface area contributed by atoms with Gasteiger partial charge in [-0.3, -0.25) is 0 Å². The zero-order valence-electron chi connectivity index (χ0n) is 17.5. The summed E-state index contributed by atoms with van der Waals surface area (Å²) < 4.78 is 50.7. The number of hydrogen-bond donors (Lipinski definition) is 0. The fourth-order valence-corrected chi connectivity index (χ4v) is 6.01. The van der Waals surface area contributed by atoms with Crippen LogP contribution in [0.1, 0.15) is 12.0 Å². The van der Waals surface area contributed by atoms with Crippen molar-refractivity contribution in [1.82, 2.24) is 24.1 Å². The van der Waals surface area contributed by atoms with E-state index >= 15 is 4.39 Å². The molecule has 2 atom stereocenters. The van der Waals surface area contributed by atoms with Crippen LogP contribution in [-0.2, 0) is 14.8 Å². The number of alkyl halides is 1. The molecule has 9 nitrogen and oxygen atoms in total. The molecule has 0 bridgehead atoms. The van der Waals surface area contributed by atoms with Crippen molar-refractivity contribution in [1.29, 1.82) is 0 Å². The summed E-state index contributed by atoms with van der Waals surface area (Å²) in [6, 6.07) is 9.79. The lowest BCUT2D eigenvalue weighted by atomic mass is 9.99. The normalized spacial score (nSPS) is 24.3. The van der Waals surface area contributed by atoms with Gasteiger partial charge in [0, 0.05) is 38.0 Å². The van der Waals surface area contributed by atoms with E-state index in [0.29, 0.717) is 18.3 Å². The van der Waals surface area contributed by atoms with Gasteiger partial charge < -0.3 is 9.64 Å². The van der Waals surface area contributed by atoms with E-state index in [1.54, 1.807) is 46.2 Å². The van der Waals surface area contributed by atoms with Gasteiger partial charge in [0.2, 0.25) is 16.0 Å². The molecule has 2 aliphatic heterocycles. The van der Waals surface area contributed by atoms with Crippen LogP contribution in [0, 0.1) is 6.92 Å². The number of hydrogen-bond acceptors (Lipinski definition) is 7. The fraction of sp³-hybridized carbons (Fsp3) is 0.381. The monoisotopic (exact) mass is 458 g/mol. The van der Waals surface area contributed by atoms with Gasteiger partial charge in [-0.2, -0.15) is 14.4 Å². The summed E-state index contributed by atoms with van der Waals surface area (Å²) in [6.07, 6.45) is 3.76. The van der Waals surface area contributed by atoms with Gasteiger partial charge in [-0.15, -0.1) is 0 Å². The van der Waals surface area contributed by atoms with Crippen LogP contribution in [0.15, 0.2) is 59.9 Å². The number of nitrogens with zero attached hydrogens (tertiary/aromatic N) is 6. The molecule has 3 aromatic rings. The van der Waals surface area contributed by atoms with Crippen molar-refractivity contribution in [2.24, 2.45) is 0 Å². The van der Waals surface area contributed by atoms with Crippen LogP contribution in [0.4, 0.5) is 10.3 Å². The number of rotatable bonds is 4. The highest BCUT2D eigenvalue weighted by molar-refractivity contribution is 7.89. The molecular formula is C21H23FN6O3S. The van der Waals surface area contributed by atoms with Crippen LogP contribution in [-0.4, -0.2) is 70.6 Å². The minimum Gasteiger partial charge on any atom is -0.355 e. The highest BCUT2D eigenvalue weighted by atomic mass is 32.2. The molecule has 0 amide bonds. The Kier molecular flexibility index (Phi) is 5.19. The lowest BCUT2D eigenvalue weighted by Crippen LogP contribution is -2.62. The second-order valence-electron chi connectivity index (χ2n) is 7.92. The predicted molar refractivity (Wildman–Crippen MR) is 115 cm³/mol. The van der Waals surface area contributed by atoms with Crippen molar-refractivity contribution in [2.45, 2.75) is 30.1 Å². The Labute approximate surface area is 185 Å². The number of aromatic nitrogens is 4. The molecule has 0 radical (unpaired) electrons. The number of benzene rings is 1. The van der Waals surface area contributed by atoms with Gasteiger partial charge in [0.15, 0.2) is 17.7 Å². The lowest BCUT2D eigenvalue weighted by molar-refractivity contribution is -0.116. The third-order valence-corrected chi connectivity index (χ3v) is 7.81. The topological polar surface area (TPSA) is 93.5 Å². The first-order valence-corrected chi connectivity index (χ1v) is 11.8. The fourth-order valence-electron chi connectivity index (χ4n) is 4.27. The van der Waals surface area contributed by atoms with E-state index in [2.05, 4.69) is 15.1 Å². The molecule has 0 saturated carbocycles. The second-order valence-corrected chi connectivity index (χ2v) is 9.79. The zero-order valence-corrected chi connectivity index (χ0v) is 18.3. The van der Waals surface area contributed by atoms with Crippen LogP contribution < -0.4 is 4.90 Å². The molecule has 4 heterocycles. The minimum atomic E-state index is -3.90. The second kappa shape index (κ2) is 7.91. The smallest absolute Gasteiger partial charge is 0.245 e. The molecule has 168 valence electrons. The van der Waals surface area contributed by atoms with E-state index in [1.165, 1.54) is 16.4 Å². The molecule has 2 saturated heterocycles. The third kappa shape index (κ3) is 3.46. The van der Waals surface area contributed by atoms with E-state index in [0.717, 1.165) is 5.56 Å². The zero-order chi connectivity index (χ0) is 22.3.